The van der Waals surface area contributed by atoms with Gasteiger partial charge in [-0.3, -0.25) is 0 Å². The van der Waals surface area contributed by atoms with Crippen LogP contribution in [-0.2, 0) is 39.6 Å². The van der Waals surface area contributed by atoms with Crippen LogP contribution in [0.15, 0.2) is 0 Å². The van der Waals surface area contributed by atoms with Crippen molar-refractivity contribution in [1.82, 2.24) is 0 Å². The maximum atomic E-state index is 9.03. The van der Waals surface area contributed by atoms with E-state index in [1.165, 1.54) is 19.3 Å². The molecule has 0 amide bonds. The van der Waals surface area contributed by atoms with Crippen LogP contribution in [0.4, 0.5) is 0 Å². The third-order valence-electron chi connectivity index (χ3n) is 6.68. The van der Waals surface area contributed by atoms with Crippen LogP contribution >= 0.6 is 0 Å². The Morgan fingerprint density at radius 1 is 1.04 bits per heavy atom. The van der Waals surface area contributed by atoms with E-state index in [2.05, 4.69) is 5.40 Å². The molecule has 3 aliphatic heterocycles. The molecular formula is C18H25NO4S2. The summed E-state index contributed by atoms with van der Waals surface area (Å²) in [6, 6.07) is 0. The Bertz CT molecular complexity index is 617. The van der Waals surface area contributed by atoms with Gasteiger partial charge >= 0.3 is 0 Å². The molecule has 0 radical (unpaired) electrons. The van der Waals surface area contributed by atoms with Gasteiger partial charge in [0.25, 0.3) is 0 Å². The summed E-state index contributed by atoms with van der Waals surface area (Å²) in [5, 5.41) is 11.2. The zero-order valence-electron chi connectivity index (χ0n) is 14.4. The molecule has 2 bridgehead atoms. The number of nitrogens with zero attached hydrogens (tertiary/aromatic N) is 1. The lowest BCUT2D eigenvalue weighted by molar-refractivity contribution is -0.214. The molecule has 0 aromatic heterocycles. The van der Waals surface area contributed by atoms with Crippen LogP contribution in [0.2, 0.25) is 0 Å². The van der Waals surface area contributed by atoms with E-state index < -0.39 is 9.45 Å². The monoisotopic (exact) mass is 383 g/mol. The van der Waals surface area contributed by atoms with Crippen LogP contribution in [0.3, 0.4) is 0 Å². The Kier molecular flexibility index (Phi) is 4.23. The first kappa shape index (κ1) is 17.0. The van der Waals surface area contributed by atoms with Crippen LogP contribution < -0.4 is 0 Å². The molecule has 0 N–H and O–H groups in total. The molecule has 5 rings (SSSR count). The summed E-state index contributed by atoms with van der Waals surface area (Å²) < 4.78 is 25.9. The standard InChI is InChI=1S/C18H25NO4S2/c19-11-25(24)10-12-4-5-15-17(21-12)8-13(20-15)16-14(9-17)22-18(23-16)6-2-1-3-7-18/h12-16H,1-10H2/t12?,13-,14-,15?,16+,17?,25?/m1/s1. The second-order valence-corrected chi connectivity index (χ2v) is 10.7. The van der Waals surface area contributed by atoms with Gasteiger partial charge in [0.05, 0.1) is 30.0 Å². The van der Waals surface area contributed by atoms with Gasteiger partial charge in [-0.1, -0.05) is 6.42 Å². The summed E-state index contributed by atoms with van der Waals surface area (Å²) in [4.78, 5) is 0. The lowest BCUT2D eigenvalue weighted by atomic mass is 9.76. The van der Waals surface area contributed by atoms with Crippen molar-refractivity contribution in [2.24, 2.45) is 0 Å². The molecule has 7 atom stereocenters. The Labute approximate surface area is 155 Å². The SMILES string of the molecule is N#CS(=S)CC1CCC2O[C@@H]3CC2(C[C@H]2OC4(CCCCC4)O[C@@H]32)O1. The molecule has 0 aromatic carbocycles. The Balaban J connectivity index is 1.34. The third-order valence-corrected chi connectivity index (χ3v) is 8.19. The van der Waals surface area contributed by atoms with E-state index >= 15 is 0 Å². The molecule has 5 fully saturated rings. The first-order chi connectivity index (χ1) is 12.1. The number of thiocyanates is 1. The summed E-state index contributed by atoms with van der Waals surface area (Å²) in [6.07, 6.45) is 9.80. The minimum atomic E-state index is -0.640. The topological polar surface area (TPSA) is 60.7 Å². The average molecular weight is 384 g/mol. The number of rotatable bonds is 2. The van der Waals surface area contributed by atoms with Gasteiger partial charge in [0.2, 0.25) is 0 Å². The smallest absolute Gasteiger partial charge is 0.169 e. The van der Waals surface area contributed by atoms with Crippen LogP contribution in [0.25, 0.3) is 0 Å². The van der Waals surface area contributed by atoms with Gasteiger partial charge in [-0.05, 0) is 46.3 Å². The van der Waals surface area contributed by atoms with E-state index in [1.807, 2.05) is 0 Å². The quantitative estimate of drug-likeness (QED) is 0.683. The van der Waals surface area contributed by atoms with Crippen LogP contribution in [0.1, 0.15) is 57.8 Å². The van der Waals surface area contributed by atoms with E-state index in [1.54, 1.807) is 0 Å². The summed E-state index contributed by atoms with van der Waals surface area (Å²) in [7, 11) is -0.640. The zero-order valence-corrected chi connectivity index (χ0v) is 16.0. The first-order valence-corrected chi connectivity index (χ1v) is 11.9. The summed E-state index contributed by atoms with van der Waals surface area (Å²) in [5.74, 6) is 0.301. The summed E-state index contributed by atoms with van der Waals surface area (Å²) in [5.41, 5.74) is -0.257. The maximum absolute atomic E-state index is 9.03. The predicted octanol–water partition coefficient (Wildman–Crippen LogP) is 2.47. The van der Waals surface area contributed by atoms with Crippen molar-refractivity contribution in [2.75, 3.05) is 5.75 Å². The van der Waals surface area contributed by atoms with E-state index in [9.17, 15) is 0 Å². The molecule has 5 aliphatic rings. The molecule has 25 heavy (non-hydrogen) atoms. The first-order valence-electron chi connectivity index (χ1n) is 9.58. The average Bonchev–Trinajstić information content (AvgIpc) is 3.11. The lowest BCUT2D eigenvalue weighted by Gasteiger charge is -2.44. The zero-order chi connectivity index (χ0) is 17.1. The van der Waals surface area contributed by atoms with E-state index in [-0.39, 0.29) is 41.9 Å². The normalized spacial score (nSPS) is 48.5. The number of fused-ring (bicyclic) bond motifs is 3. The van der Waals surface area contributed by atoms with Crippen LogP contribution in [0, 0.1) is 10.7 Å². The van der Waals surface area contributed by atoms with Crippen molar-refractivity contribution in [2.45, 2.75) is 99.7 Å². The molecule has 3 heterocycles. The lowest BCUT2D eigenvalue weighted by Crippen LogP contribution is -2.54. The fraction of sp³-hybridized carbons (Fsp3) is 0.944. The minimum Gasteiger partial charge on any atom is -0.369 e. The fourth-order valence-corrected chi connectivity index (χ4v) is 6.75. The number of nitriles is 1. The Morgan fingerprint density at radius 3 is 2.64 bits per heavy atom. The van der Waals surface area contributed by atoms with Gasteiger partial charge in [0.1, 0.15) is 11.5 Å². The van der Waals surface area contributed by atoms with Gasteiger partial charge in [-0.25, -0.2) is 0 Å². The van der Waals surface area contributed by atoms with Crippen LogP contribution in [0.5, 0.6) is 0 Å². The van der Waals surface area contributed by atoms with Crippen molar-refractivity contribution in [3.05, 3.63) is 0 Å². The van der Waals surface area contributed by atoms with Crippen LogP contribution in [-0.4, -0.2) is 47.7 Å². The second kappa shape index (κ2) is 6.22. The molecule has 2 aliphatic carbocycles. The second-order valence-electron chi connectivity index (χ2n) is 8.27. The molecule has 2 spiro atoms. The highest BCUT2D eigenvalue weighted by Crippen LogP contribution is 2.55. The van der Waals surface area contributed by atoms with E-state index in [4.69, 9.17) is 35.4 Å². The number of hydrogen-bond donors (Lipinski definition) is 0. The van der Waals surface area contributed by atoms with Gasteiger partial charge in [0, 0.05) is 31.4 Å². The van der Waals surface area contributed by atoms with E-state index in [0.29, 0.717) is 5.75 Å². The van der Waals surface area contributed by atoms with E-state index in [0.717, 1.165) is 38.5 Å². The van der Waals surface area contributed by atoms with Crippen molar-refractivity contribution < 1.29 is 18.9 Å². The molecular weight excluding hydrogens is 358 g/mol. The number of ether oxygens (including phenoxy) is 4. The molecule has 0 aromatic rings. The molecule has 138 valence electrons. The highest BCUT2D eigenvalue weighted by atomic mass is 32.8. The minimum absolute atomic E-state index is 0.0593. The summed E-state index contributed by atoms with van der Waals surface area (Å²) >= 11 is 5.22. The van der Waals surface area contributed by atoms with Gasteiger partial charge in [0.15, 0.2) is 5.79 Å². The molecule has 4 unspecified atom stereocenters. The van der Waals surface area contributed by atoms with Crippen molar-refractivity contribution in [3.63, 3.8) is 0 Å². The predicted molar refractivity (Wildman–Crippen MR) is 95.5 cm³/mol. The molecule has 5 nitrogen and oxygen atoms in total. The highest BCUT2D eigenvalue weighted by Gasteiger charge is 2.65. The number of hydrogen-bond acceptors (Lipinski definition) is 6. The summed E-state index contributed by atoms with van der Waals surface area (Å²) in [6.45, 7) is 0. The van der Waals surface area contributed by atoms with Crippen molar-refractivity contribution >= 4 is 20.6 Å². The Hall–Kier alpha value is -0.100. The van der Waals surface area contributed by atoms with Gasteiger partial charge < -0.3 is 18.9 Å². The fourth-order valence-electron chi connectivity index (χ4n) is 5.65. The molecule has 7 heteroatoms. The third kappa shape index (κ3) is 2.81. The van der Waals surface area contributed by atoms with Crippen molar-refractivity contribution in [1.29, 1.82) is 5.26 Å². The van der Waals surface area contributed by atoms with Gasteiger partial charge in [-0.2, -0.15) is 5.26 Å². The largest absolute Gasteiger partial charge is 0.369 e. The molecule has 3 saturated heterocycles. The van der Waals surface area contributed by atoms with Crippen molar-refractivity contribution in [3.8, 4) is 5.40 Å². The highest BCUT2D eigenvalue weighted by molar-refractivity contribution is 8.31. The maximum Gasteiger partial charge on any atom is 0.169 e. The molecule has 2 saturated carbocycles. The Morgan fingerprint density at radius 2 is 1.84 bits per heavy atom. The van der Waals surface area contributed by atoms with Gasteiger partial charge in [-0.15, -0.1) is 0 Å².